The third-order valence-corrected chi connectivity index (χ3v) is 4.60. The van der Waals surface area contributed by atoms with E-state index in [1.807, 2.05) is 56.0 Å². The molecule has 0 bridgehead atoms. The number of rotatable bonds is 4. The number of para-hydroxylation sites is 1. The van der Waals surface area contributed by atoms with Gasteiger partial charge in [-0.05, 0) is 44.0 Å². The minimum Gasteiger partial charge on any atom is -0.398 e. The van der Waals surface area contributed by atoms with Gasteiger partial charge in [0.1, 0.15) is 0 Å². The molecule has 1 aromatic carbocycles. The van der Waals surface area contributed by atoms with Crippen molar-refractivity contribution in [1.29, 1.82) is 0 Å². The molecule has 1 heterocycles. The Bertz CT molecular complexity index is 599. The first kappa shape index (κ1) is 14.6. The van der Waals surface area contributed by atoms with Crippen LogP contribution in [0.1, 0.15) is 32.6 Å². The molecule has 0 saturated heterocycles. The lowest BCUT2D eigenvalue weighted by molar-refractivity contribution is 0.0758. The molecule has 0 saturated carbocycles. The van der Waals surface area contributed by atoms with Gasteiger partial charge in [0.15, 0.2) is 0 Å². The number of thiophene rings is 1. The normalized spacial score (nSPS) is 10.6. The Balaban J connectivity index is 2.20. The second kappa shape index (κ2) is 6.09. The van der Waals surface area contributed by atoms with Gasteiger partial charge in [0.05, 0.1) is 4.88 Å². The van der Waals surface area contributed by atoms with E-state index < -0.39 is 0 Å². The summed E-state index contributed by atoms with van der Waals surface area (Å²) in [6.07, 6.45) is 0. The van der Waals surface area contributed by atoms with Crippen LogP contribution in [-0.2, 0) is 6.54 Å². The molecule has 0 radical (unpaired) electrons. The first-order chi connectivity index (χ1) is 9.52. The highest BCUT2D eigenvalue weighted by molar-refractivity contribution is 7.14. The zero-order valence-electron chi connectivity index (χ0n) is 12.1. The van der Waals surface area contributed by atoms with E-state index in [2.05, 4.69) is 0 Å². The molecular formula is C16H20N2OS. The number of benzene rings is 1. The van der Waals surface area contributed by atoms with Gasteiger partial charge in [-0.3, -0.25) is 4.79 Å². The van der Waals surface area contributed by atoms with Crippen LogP contribution in [0.25, 0.3) is 0 Å². The van der Waals surface area contributed by atoms with Gasteiger partial charge in [0, 0.05) is 23.7 Å². The second-order valence-corrected chi connectivity index (χ2v) is 6.12. The number of nitrogen functional groups attached to an aromatic ring is 1. The van der Waals surface area contributed by atoms with Gasteiger partial charge in [-0.1, -0.05) is 18.2 Å². The molecule has 0 aliphatic rings. The lowest BCUT2D eigenvalue weighted by atomic mass is 10.1. The average molecular weight is 288 g/mol. The van der Waals surface area contributed by atoms with Crippen LogP contribution >= 0.6 is 11.3 Å². The molecule has 0 fully saturated rings. The standard InChI is InChI=1S/C16H20N2OS/c1-4-18(10-13-7-5-6-8-14(13)17)16(19)15-9-11(2)12(3)20-15/h5-9H,4,10,17H2,1-3H3. The number of hydrogen-bond acceptors (Lipinski definition) is 3. The maximum Gasteiger partial charge on any atom is 0.264 e. The smallest absolute Gasteiger partial charge is 0.264 e. The molecule has 0 aliphatic heterocycles. The Morgan fingerprint density at radius 2 is 2.00 bits per heavy atom. The molecule has 0 unspecified atom stereocenters. The Hall–Kier alpha value is -1.81. The Morgan fingerprint density at radius 1 is 1.30 bits per heavy atom. The van der Waals surface area contributed by atoms with Crippen molar-refractivity contribution in [2.45, 2.75) is 27.3 Å². The van der Waals surface area contributed by atoms with Gasteiger partial charge in [-0.25, -0.2) is 0 Å². The summed E-state index contributed by atoms with van der Waals surface area (Å²) in [5.74, 6) is 0.0805. The molecule has 106 valence electrons. The summed E-state index contributed by atoms with van der Waals surface area (Å²) in [6, 6.07) is 9.66. The molecule has 0 aliphatic carbocycles. The zero-order chi connectivity index (χ0) is 14.7. The van der Waals surface area contributed by atoms with Gasteiger partial charge >= 0.3 is 0 Å². The highest BCUT2D eigenvalue weighted by Crippen LogP contribution is 2.23. The number of carbonyl (C=O) groups is 1. The molecule has 20 heavy (non-hydrogen) atoms. The van der Waals surface area contributed by atoms with Crippen LogP contribution in [0.4, 0.5) is 5.69 Å². The molecule has 2 N–H and O–H groups in total. The summed E-state index contributed by atoms with van der Waals surface area (Å²) in [4.78, 5) is 16.4. The van der Waals surface area contributed by atoms with Gasteiger partial charge in [-0.2, -0.15) is 0 Å². The van der Waals surface area contributed by atoms with E-state index in [1.165, 1.54) is 10.4 Å². The fraction of sp³-hybridized carbons (Fsp3) is 0.312. The van der Waals surface area contributed by atoms with Crippen LogP contribution in [0.15, 0.2) is 30.3 Å². The molecular weight excluding hydrogens is 268 g/mol. The number of carbonyl (C=O) groups excluding carboxylic acids is 1. The summed E-state index contributed by atoms with van der Waals surface area (Å²) in [5, 5.41) is 0. The van der Waals surface area contributed by atoms with Crippen molar-refractivity contribution in [1.82, 2.24) is 4.90 Å². The van der Waals surface area contributed by atoms with Crippen molar-refractivity contribution in [3.63, 3.8) is 0 Å². The summed E-state index contributed by atoms with van der Waals surface area (Å²) in [7, 11) is 0. The lowest BCUT2D eigenvalue weighted by Gasteiger charge is -2.21. The highest BCUT2D eigenvalue weighted by Gasteiger charge is 2.18. The molecule has 2 rings (SSSR count). The zero-order valence-corrected chi connectivity index (χ0v) is 13.0. The summed E-state index contributed by atoms with van der Waals surface area (Å²) in [5.41, 5.74) is 8.86. The van der Waals surface area contributed by atoms with Crippen molar-refractivity contribution in [3.05, 3.63) is 51.2 Å². The SMILES string of the molecule is CCN(Cc1ccccc1N)C(=O)c1cc(C)c(C)s1. The van der Waals surface area contributed by atoms with Gasteiger partial charge in [0.2, 0.25) is 0 Å². The summed E-state index contributed by atoms with van der Waals surface area (Å²) >= 11 is 1.56. The number of nitrogens with two attached hydrogens (primary N) is 1. The Labute approximate surface area is 124 Å². The van der Waals surface area contributed by atoms with E-state index in [0.29, 0.717) is 13.1 Å². The van der Waals surface area contributed by atoms with Crippen LogP contribution in [0.5, 0.6) is 0 Å². The number of hydrogen-bond donors (Lipinski definition) is 1. The molecule has 0 spiro atoms. The van der Waals surface area contributed by atoms with Crippen LogP contribution in [0.2, 0.25) is 0 Å². The fourth-order valence-electron chi connectivity index (χ4n) is 2.05. The first-order valence-electron chi connectivity index (χ1n) is 6.72. The van der Waals surface area contributed by atoms with E-state index in [9.17, 15) is 4.79 Å². The number of amides is 1. The third kappa shape index (κ3) is 3.02. The summed E-state index contributed by atoms with van der Waals surface area (Å²) in [6.45, 7) is 7.29. The number of aryl methyl sites for hydroxylation is 2. The molecule has 2 aromatic rings. The van der Waals surface area contributed by atoms with Gasteiger partial charge in [-0.15, -0.1) is 11.3 Å². The van der Waals surface area contributed by atoms with Crippen LogP contribution < -0.4 is 5.73 Å². The molecule has 4 heteroatoms. The van der Waals surface area contributed by atoms with Gasteiger partial charge < -0.3 is 10.6 Å². The average Bonchev–Trinajstić information content (AvgIpc) is 2.77. The molecule has 1 aromatic heterocycles. The van der Waals surface area contributed by atoms with E-state index in [1.54, 1.807) is 11.3 Å². The van der Waals surface area contributed by atoms with Crippen molar-refractivity contribution in [3.8, 4) is 0 Å². The minimum absolute atomic E-state index is 0.0805. The third-order valence-electron chi connectivity index (χ3n) is 3.46. The first-order valence-corrected chi connectivity index (χ1v) is 7.54. The fourth-order valence-corrected chi connectivity index (χ4v) is 3.05. The minimum atomic E-state index is 0.0805. The maximum absolute atomic E-state index is 12.6. The van der Waals surface area contributed by atoms with E-state index in [0.717, 1.165) is 16.1 Å². The van der Waals surface area contributed by atoms with E-state index in [-0.39, 0.29) is 5.91 Å². The quantitative estimate of drug-likeness (QED) is 0.874. The van der Waals surface area contributed by atoms with Crippen LogP contribution in [0, 0.1) is 13.8 Å². The van der Waals surface area contributed by atoms with Crippen LogP contribution in [-0.4, -0.2) is 17.4 Å². The molecule has 3 nitrogen and oxygen atoms in total. The van der Waals surface area contributed by atoms with E-state index in [4.69, 9.17) is 5.73 Å². The van der Waals surface area contributed by atoms with E-state index >= 15 is 0 Å². The number of nitrogens with zero attached hydrogens (tertiary/aromatic N) is 1. The lowest BCUT2D eigenvalue weighted by Crippen LogP contribution is -2.30. The van der Waals surface area contributed by atoms with Crippen molar-refractivity contribution in [2.24, 2.45) is 0 Å². The molecule has 1 amide bonds. The Kier molecular flexibility index (Phi) is 4.45. The monoisotopic (exact) mass is 288 g/mol. The van der Waals surface area contributed by atoms with Crippen molar-refractivity contribution < 1.29 is 4.79 Å². The Morgan fingerprint density at radius 3 is 2.55 bits per heavy atom. The second-order valence-electron chi connectivity index (χ2n) is 4.87. The number of anilines is 1. The predicted molar refractivity (Wildman–Crippen MR) is 85.1 cm³/mol. The predicted octanol–water partition coefficient (Wildman–Crippen LogP) is 3.61. The topological polar surface area (TPSA) is 46.3 Å². The highest BCUT2D eigenvalue weighted by atomic mass is 32.1. The van der Waals surface area contributed by atoms with Crippen LogP contribution in [0.3, 0.4) is 0 Å². The van der Waals surface area contributed by atoms with Gasteiger partial charge in [0.25, 0.3) is 5.91 Å². The van der Waals surface area contributed by atoms with Crippen molar-refractivity contribution >= 4 is 22.9 Å². The molecule has 0 atom stereocenters. The summed E-state index contributed by atoms with van der Waals surface area (Å²) < 4.78 is 0. The largest absolute Gasteiger partial charge is 0.398 e. The maximum atomic E-state index is 12.6. The van der Waals surface area contributed by atoms with Crippen molar-refractivity contribution in [2.75, 3.05) is 12.3 Å².